The van der Waals surface area contributed by atoms with Crippen molar-refractivity contribution >= 4 is 23.6 Å². The maximum absolute atomic E-state index is 14.2. The highest BCUT2D eigenvalue weighted by Crippen LogP contribution is 2.29. The summed E-state index contributed by atoms with van der Waals surface area (Å²) >= 11 is 0. The zero-order valence-corrected chi connectivity index (χ0v) is 25.5. The molecule has 41 heavy (non-hydrogen) atoms. The fourth-order valence-corrected chi connectivity index (χ4v) is 4.43. The van der Waals surface area contributed by atoms with Crippen LogP contribution in [0.25, 0.3) is 0 Å². The Labute approximate surface area is 244 Å². The van der Waals surface area contributed by atoms with E-state index in [-0.39, 0.29) is 18.2 Å². The van der Waals surface area contributed by atoms with E-state index in [1.165, 1.54) is 17.0 Å². The number of carbonyl (C=O) groups excluding carboxylic acids is 3. The van der Waals surface area contributed by atoms with Gasteiger partial charge in [0.25, 0.3) is 5.91 Å². The van der Waals surface area contributed by atoms with Gasteiger partial charge in [-0.3, -0.25) is 9.59 Å². The highest BCUT2D eigenvalue weighted by molar-refractivity contribution is 5.99. The molecule has 0 bridgehead atoms. The molecule has 0 radical (unpaired) electrons. The zero-order chi connectivity index (χ0) is 30.6. The third-order valence-corrected chi connectivity index (χ3v) is 6.49. The Kier molecular flexibility index (Phi) is 13.0. The van der Waals surface area contributed by atoms with Gasteiger partial charge >= 0.3 is 6.09 Å². The normalized spacial score (nSPS) is 12.8. The van der Waals surface area contributed by atoms with E-state index in [9.17, 15) is 19.5 Å². The molecule has 3 N–H and O–H groups in total. The molecule has 0 aliphatic heterocycles. The number of rotatable bonds is 14. The maximum Gasteiger partial charge on any atom is 0.408 e. The van der Waals surface area contributed by atoms with Crippen molar-refractivity contribution in [2.24, 2.45) is 5.92 Å². The summed E-state index contributed by atoms with van der Waals surface area (Å²) in [6, 6.07) is 11.2. The summed E-state index contributed by atoms with van der Waals surface area (Å²) < 4.78 is 10.7. The van der Waals surface area contributed by atoms with Crippen LogP contribution in [-0.4, -0.2) is 53.2 Å². The van der Waals surface area contributed by atoms with Gasteiger partial charge in [0, 0.05) is 12.2 Å². The summed E-state index contributed by atoms with van der Waals surface area (Å²) in [5, 5.41) is 15.9. The van der Waals surface area contributed by atoms with Crippen LogP contribution in [0.15, 0.2) is 48.5 Å². The molecule has 2 aromatic carbocycles. The largest absolute Gasteiger partial charge is 0.508 e. The summed E-state index contributed by atoms with van der Waals surface area (Å²) in [5.74, 6) is -0.508. The van der Waals surface area contributed by atoms with Gasteiger partial charge in [-0.05, 0) is 75.1 Å². The molecule has 0 aliphatic carbocycles. The van der Waals surface area contributed by atoms with Gasteiger partial charge in [-0.25, -0.2) is 4.79 Å². The van der Waals surface area contributed by atoms with Crippen LogP contribution < -0.4 is 15.4 Å². The first kappa shape index (κ1) is 33.5. The van der Waals surface area contributed by atoms with E-state index in [2.05, 4.69) is 17.6 Å². The molecule has 0 spiro atoms. The molecule has 2 unspecified atom stereocenters. The first-order valence-corrected chi connectivity index (χ1v) is 14.4. The van der Waals surface area contributed by atoms with Gasteiger partial charge < -0.3 is 30.1 Å². The Balaban J connectivity index is 2.50. The molecule has 9 nitrogen and oxygen atoms in total. The van der Waals surface area contributed by atoms with Gasteiger partial charge in [0.2, 0.25) is 5.91 Å². The second kappa shape index (κ2) is 15.9. The number of carbonyl (C=O) groups is 3. The van der Waals surface area contributed by atoms with Crippen molar-refractivity contribution in [3.8, 4) is 11.5 Å². The van der Waals surface area contributed by atoms with E-state index in [1.54, 1.807) is 64.3 Å². The number of benzene rings is 2. The van der Waals surface area contributed by atoms with Gasteiger partial charge in [-0.2, -0.15) is 0 Å². The molecular formula is C32H47N3O6. The van der Waals surface area contributed by atoms with Gasteiger partial charge in [0.15, 0.2) is 0 Å². The van der Waals surface area contributed by atoms with E-state index < -0.39 is 35.6 Å². The molecular weight excluding hydrogens is 522 g/mol. The third kappa shape index (κ3) is 11.0. The highest BCUT2D eigenvalue weighted by Gasteiger charge is 2.37. The quantitative estimate of drug-likeness (QED) is 0.226. The second-order valence-corrected chi connectivity index (χ2v) is 11.5. The number of hydrogen-bond donors (Lipinski definition) is 3. The predicted octanol–water partition coefficient (Wildman–Crippen LogP) is 6.43. The average molecular weight is 570 g/mol. The number of phenolic OH excluding ortho intramolecular Hbond substituents is 1. The number of nitrogens with zero attached hydrogens (tertiary/aromatic N) is 1. The number of anilines is 1. The standard InChI is InChI=1S/C32H47N3O6/c1-8-9-10-11-12-20-35(30(38)27(22(2)3)34-31(39)41-32(4,5)6)28(23-14-13-15-25(36)21-23)29(37)33-24-16-18-26(40-7)19-17-24/h13-19,21-22,27-28,36H,8-12,20H2,1-7H3,(H,33,37)(H,34,39). The van der Waals surface area contributed by atoms with Gasteiger partial charge in [0.05, 0.1) is 7.11 Å². The van der Waals surface area contributed by atoms with Crippen molar-refractivity contribution in [2.75, 3.05) is 19.0 Å². The molecule has 0 aliphatic rings. The molecule has 0 fully saturated rings. The lowest BCUT2D eigenvalue weighted by Crippen LogP contribution is -2.54. The molecule has 2 atom stereocenters. The highest BCUT2D eigenvalue weighted by atomic mass is 16.6. The number of ether oxygens (including phenoxy) is 2. The van der Waals surface area contributed by atoms with E-state index in [1.807, 2.05) is 13.8 Å². The Bertz CT molecular complexity index is 1130. The Morgan fingerprint density at radius 2 is 1.63 bits per heavy atom. The van der Waals surface area contributed by atoms with Crippen LogP contribution in [0.5, 0.6) is 11.5 Å². The van der Waals surface area contributed by atoms with Crippen molar-refractivity contribution < 1.29 is 29.0 Å². The smallest absolute Gasteiger partial charge is 0.408 e. The fraction of sp³-hybridized carbons (Fsp3) is 0.531. The Morgan fingerprint density at radius 1 is 0.976 bits per heavy atom. The lowest BCUT2D eigenvalue weighted by atomic mass is 9.98. The first-order chi connectivity index (χ1) is 19.4. The molecule has 0 saturated heterocycles. The number of amides is 3. The van der Waals surface area contributed by atoms with E-state index >= 15 is 0 Å². The molecule has 2 aromatic rings. The Hall–Kier alpha value is -3.75. The number of methoxy groups -OCH3 is 1. The van der Waals surface area contributed by atoms with E-state index in [0.717, 1.165) is 25.7 Å². The van der Waals surface area contributed by atoms with Crippen LogP contribution in [0.3, 0.4) is 0 Å². The summed E-state index contributed by atoms with van der Waals surface area (Å²) in [6.45, 7) is 11.3. The summed E-state index contributed by atoms with van der Waals surface area (Å²) in [4.78, 5) is 42.4. The first-order valence-electron chi connectivity index (χ1n) is 14.4. The van der Waals surface area contributed by atoms with Crippen molar-refractivity contribution in [3.63, 3.8) is 0 Å². The minimum absolute atomic E-state index is 0.0209. The zero-order valence-electron chi connectivity index (χ0n) is 25.5. The monoisotopic (exact) mass is 569 g/mol. The van der Waals surface area contributed by atoms with Gasteiger partial charge in [0.1, 0.15) is 29.2 Å². The second-order valence-electron chi connectivity index (χ2n) is 11.5. The van der Waals surface area contributed by atoms with Gasteiger partial charge in [-0.15, -0.1) is 0 Å². The van der Waals surface area contributed by atoms with Crippen molar-refractivity contribution in [2.45, 2.75) is 91.3 Å². The number of alkyl carbamates (subject to hydrolysis) is 1. The van der Waals surface area contributed by atoms with Crippen LogP contribution >= 0.6 is 0 Å². The molecule has 226 valence electrons. The van der Waals surface area contributed by atoms with Crippen molar-refractivity contribution in [3.05, 3.63) is 54.1 Å². The number of nitrogens with one attached hydrogen (secondary N) is 2. The van der Waals surface area contributed by atoms with Gasteiger partial charge in [-0.1, -0.05) is 58.6 Å². The fourth-order valence-electron chi connectivity index (χ4n) is 4.43. The number of hydrogen-bond acceptors (Lipinski definition) is 6. The molecule has 0 heterocycles. The minimum Gasteiger partial charge on any atom is -0.508 e. The van der Waals surface area contributed by atoms with E-state index in [0.29, 0.717) is 23.4 Å². The third-order valence-electron chi connectivity index (χ3n) is 6.49. The molecule has 2 rings (SSSR count). The molecule has 9 heteroatoms. The molecule has 0 aromatic heterocycles. The number of phenols is 1. The van der Waals surface area contributed by atoms with Crippen LogP contribution in [-0.2, 0) is 14.3 Å². The molecule has 0 saturated carbocycles. The summed E-state index contributed by atoms with van der Waals surface area (Å²) in [7, 11) is 1.56. The van der Waals surface area contributed by atoms with Crippen LogP contribution in [0.2, 0.25) is 0 Å². The van der Waals surface area contributed by atoms with Crippen molar-refractivity contribution in [1.29, 1.82) is 0 Å². The number of unbranched alkanes of at least 4 members (excludes halogenated alkanes) is 4. The van der Waals surface area contributed by atoms with E-state index in [4.69, 9.17) is 9.47 Å². The summed E-state index contributed by atoms with van der Waals surface area (Å²) in [5.41, 5.74) is 0.247. The SMILES string of the molecule is CCCCCCCN(C(=O)C(NC(=O)OC(C)(C)C)C(C)C)C(C(=O)Nc1ccc(OC)cc1)c1cccc(O)c1. The predicted molar refractivity (Wildman–Crippen MR) is 161 cm³/mol. The van der Waals surface area contributed by atoms with Crippen LogP contribution in [0.4, 0.5) is 10.5 Å². The lowest BCUT2D eigenvalue weighted by molar-refractivity contribution is -0.141. The average Bonchev–Trinajstić information content (AvgIpc) is 2.89. The lowest BCUT2D eigenvalue weighted by Gasteiger charge is -2.35. The maximum atomic E-state index is 14.2. The van der Waals surface area contributed by atoms with Crippen LogP contribution in [0, 0.1) is 5.92 Å². The topological polar surface area (TPSA) is 117 Å². The summed E-state index contributed by atoms with van der Waals surface area (Å²) in [6.07, 6.45) is 4.02. The number of aromatic hydroxyl groups is 1. The van der Waals surface area contributed by atoms with Crippen LogP contribution in [0.1, 0.15) is 85.3 Å². The molecule has 3 amide bonds. The minimum atomic E-state index is -1.07. The van der Waals surface area contributed by atoms with Crippen molar-refractivity contribution in [1.82, 2.24) is 10.2 Å². The Morgan fingerprint density at radius 3 is 2.20 bits per heavy atom.